The van der Waals surface area contributed by atoms with Crippen molar-refractivity contribution in [2.75, 3.05) is 36.8 Å². The average Bonchev–Trinajstić information content (AvgIpc) is 3.44. The second-order valence-corrected chi connectivity index (χ2v) is 12.0. The number of carbonyl (C=O) groups excluding carboxylic acids is 2. The molecular weight excluding hydrogens is 492 g/mol. The van der Waals surface area contributed by atoms with Gasteiger partial charge in [0, 0.05) is 12.1 Å². The maximum Gasteiger partial charge on any atom is 0.240 e. The Morgan fingerprint density at radius 2 is 1.28 bits per heavy atom. The Morgan fingerprint density at radius 1 is 0.806 bits per heavy atom. The van der Waals surface area contributed by atoms with Gasteiger partial charge in [0.25, 0.3) is 0 Å². The molecule has 0 saturated carbocycles. The Hall–Kier alpha value is -2.14. The summed E-state index contributed by atoms with van der Waals surface area (Å²) in [5.41, 5.74) is 1.63. The van der Waals surface area contributed by atoms with E-state index in [0.29, 0.717) is 35.4 Å². The second kappa shape index (κ2) is 11.5. The summed E-state index contributed by atoms with van der Waals surface area (Å²) >= 11 is 2.96. The predicted molar refractivity (Wildman–Crippen MR) is 149 cm³/mol. The van der Waals surface area contributed by atoms with Crippen LogP contribution in [-0.2, 0) is 9.59 Å². The molecule has 0 radical (unpaired) electrons. The molecule has 4 heterocycles. The van der Waals surface area contributed by atoms with Gasteiger partial charge in [0.05, 0.1) is 33.5 Å². The van der Waals surface area contributed by atoms with Crippen LogP contribution in [0.15, 0.2) is 12.1 Å². The van der Waals surface area contributed by atoms with Crippen LogP contribution in [-0.4, -0.2) is 69.8 Å². The van der Waals surface area contributed by atoms with Crippen molar-refractivity contribution in [1.82, 2.24) is 19.8 Å². The highest BCUT2D eigenvalue weighted by molar-refractivity contribution is 7.24. The average molecular weight is 529 g/mol. The van der Waals surface area contributed by atoms with E-state index in [1.54, 1.807) is 0 Å². The zero-order valence-corrected chi connectivity index (χ0v) is 22.8. The fourth-order valence-electron chi connectivity index (χ4n) is 5.60. The van der Waals surface area contributed by atoms with Gasteiger partial charge in [-0.25, -0.2) is 9.97 Å². The molecule has 2 fully saturated rings. The first kappa shape index (κ1) is 25.5. The quantitative estimate of drug-likeness (QED) is 0.412. The molecule has 194 valence electrons. The summed E-state index contributed by atoms with van der Waals surface area (Å²) in [5, 5.41) is 7.25. The van der Waals surface area contributed by atoms with E-state index in [0.717, 1.165) is 59.2 Å². The molecule has 5 rings (SSSR count). The van der Waals surface area contributed by atoms with Gasteiger partial charge in [-0.3, -0.25) is 19.4 Å². The fraction of sp³-hybridized carbons (Fsp3) is 0.615. The van der Waals surface area contributed by atoms with Gasteiger partial charge in [0.15, 0.2) is 10.3 Å². The number of piperidine rings is 2. The third-order valence-corrected chi connectivity index (χ3v) is 9.39. The molecule has 2 unspecified atom stereocenters. The van der Waals surface area contributed by atoms with Crippen LogP contribution in [0.3, 0.4) is 0 Å². The Balaban J connectivity index is 1.22. The molecule has 0 aliphatic carbocycles. The van der Waals surface area contributed by atoms with Crippen molar-refractivity contribution in [3.8, 4) is 0 Å². The van der Waals surface area contributed by atoms with Crippen molar-refractivity contribution in [3.05, 3.63) is 12.1 Å². The summed E-state index contributed by atoms with van der Waals surface area (Å²) in [6.07, 6.45) is 9.34. The smallest absolute Gasteiger partial charge is 0.240 e. The normalized spacial score (nSPS) is 21.7. The molecule has 0 spiro atoms. The number of nitrogens with one attached hydrogen (secondary N) is 2. The van der Waals surface area contributed by atoms with E-state index < -0.39 is 0 Å². The lowest BCUT2D eigenvalue weighted by Crippen LogP contribution is -2.43. The lowest BCUT2D eigenvalue weighted by atomic mass is 10.0. The number of carbonyl (C=O) groups is 2. The largest absolute Gasteiger partial charge is 0.301 e. The molecule has 10 heteroatoms. The second-order valence-electron chi connectivity index (χ2n) is 9.98. The number of hydrogen-bond donors (Lipinski definition) is 2. The van der Waals surface area contributed by atoms with Crippen molar-refractivity contribution >= 4 is 65.2 Å². The van der Waals surface area contributed by atoms with Crippen LogP contribution in [0.2, 0.25) is 0 Å². The summed E-state index contributed by atoms with van der Waals surface area (Å²) in [4.78, 5) is 39.3. The van der Waals surface area contributed by atoms with Gasteiger partial charge in [-0.05, 0) is 63.7 Å². The number of aromatic nitrogens is 2. The first-order valence-electron chi connectivity index (χ1n) is 13.3. The highest BCUT2D eigenvalue weighted by Gasteiger charge is 2.24. The van der Waals surface area contributed by atoms with Crippen molar-refractivity contribution in [3.63, 3.8) is 0 Å². The molecule has 2 saturated heterocycles. The molecule has 8 nitrogen and oxygen atoms in total. The van der Waals surface area contributed by atoms with Crippen LogP contribution in [0.1, 0.15) is 65.2 Å². The van der Waals surface area contributed by atoms with E-state index in [2.05, 4.69) is 50.3 Å². The van der Waals surface area contributed by atoms with Gasteiger partial charge in [-0.1, -0.05) is 49.4 Å². The molecule has 0 bridgehead atoms. The number of hydrogen-bond acceptors (Lipinski definition) is 8. The van der Waals surface area contributed by atoms with Gasteiger partial charge >= 0.3 is 0 Å². The van der Waals surface area contributed by atoms with Gasteiger partial charge in [-0.15, -0.1) is 0 Å². The number of likely N-dealkylation sites (tertiary alicyclic amines) is 2. The van der Waals surface area contributed by atoms with E-state index in [1.807, 2.05) is 6.07 Å². The molecule has 2 aromatic heterocycles. The van der Waals surface area contributed by atoms with Crippen LogP contribution in [0.4, 0.5) is 10.3 Å². The number of thiazole rings is 2. The lowest BCUT2D eigenvalue weighted by molar-refractivity contribution is -0.119. The SMILES string of the molecule is CCC1CCCCN1CC(=O)Nc1nc2cc3nc(NC(=O)CN4CCCCC4CC)sc3cc2s1. The molecule has 3 aromatic rings. The number of benzene rings is 1. The van der Waals surface area contributed by atoms with E-state index in [-0.39, 0.29) is 11.8 Å². The first-order chi connectivity index (χ1) is 17.5. The Kier molecular flexibility index (Phi) is 8.15. The molecule has 2 amide bonds. The molecule has 2 aliphatic heterocycles. The van der Waals surface area contributed by atoms with Crippen molar-refractivity contribution < 1.29 is 9.59 Å². The standard InChI is InChI=1S/C26H36N6O2S2/c1-3-17-9-5-7-11-31(17)15-23(33)29-25-27-19-13-20-22(14-21(19)35-25)36-26(28-20)30-24(34)16-32-12-8-6-10-18(32)4-2/h13-14,17-18H,3-12,15-16H2,1-2H3,(H,27,29,33)(H,28,30,34). The van der Waals surface area contributed by atoms with Crippen LogP contribution in [0.25, 0.3) is 20.4 Å². The first-order valence-corrected chi connectivity index (χ1v) is 14.9. The van der Waals surface area contributed by atoms with Crippen molar-refractivity contribution in [2.24, 2.45) is 0 Å². The molecular formula is C26H36N6O2S2. The van der Waals surface area contributed by atoms with Gasteiger partial charge < -0.3 is 10.6 Å². The van der Waals surface area contributed by atoms with Gasteiger partial charge in [0.2, 0.25) is 11.8 Å². The maximum atomic E-state index is 12.7. The molecule has 2 atom stereocenters. The minimum absolute atomic E-state index is 0.00152. The lowest BCUT2D eigenvalue weighted by Gasteiger charge is -2.34. The van der Waals surface area contributed by atoms with Crippen LogP contribution in [0, 0.1) is 0 Å². The number of amides is 2. The number of anilines is 2. The third kappa shape index (κ3) is 5.88. The zero-order chi connectivity index (χ0) is 25.1. The summed E-state index contributed by atoms with van der Waals surface area (Å²) in [7, 11) is 0. The van der Waals surface area contributed by atoms with E-state index in [9.17, 15) is 9.59 Å². The molecule has 2 aliphatic rings. The molecule has 2 N–H and O–H groups in total. The monoisotopic (exact) mass is 528 g/mol. The Bertz CT molecular complexity index is 1080. The minimum Gasteiger partial charge on any atom is -0.301 e. The summed E-state index contributed by atoms with van der Waals surface area (Å²) in [6.45, 7) is 7.21. The number of nitrogens with zero attached hydrogens (tertiary/aromatic N) is 4. The maximum absolute atomic E-state index is 12.7. The van der Waals surface area contributed by atoms with Gasteiger partial charge in [0.1, 0.15) is 0 Å². The van der Waals surface area contributed by atoms with Crippen molar-refractivity contribution in [2.45, 2.75) is 77.3 Å². The number of fused-ring (bicyclic) bond motifs is 2. The summed E-state index contributed by atoms with van der Waals surface area (Å²) in [6, 6.07) is 5.00. The van der Waals surface area contributed by atoms with Gasteiger partial charge in [-0.2, -0.15) is 0 Å². The molecule has 36 heavy (non-hydrogen) atoms. The Labute approximate surface area is 220 Å². The van der Waals surface area contributed by atoms with E-state index >= 15 is 0 Å². The van der Waals surface area contributed by atoms with Crippen LogP contribution < -0.4 is 10.6 Å². The fourth-order valence-corrected chi connectivity index (χ4v) is 7.48. The van der Waals surface area contributed by atoms with Crippen LogP contribution in [0.5, 0.6) is 0 Å². The topological polar surface area (TPSA) is 90.5 Å². The molecule has 1 aromatic carbocycles. The minimum atomic E-state index is -0.00152. The highest BCUT2D eigenvalue weighted by Crippen LogP contribution is 2.34. The van der Waals surface area contributed by atoms with E-state index in [1.165, 1.54) is 48.4 Å². The van der Waals surface area contributed by atoms with Crippen LogP contribution >= 0.6 is 22.7 Å². The summed E-state index contributed by atoms with van der Waals surface area (Å²) in [5.74, 6) is -0.00304. The third-order valence-electron chi connectivity index (χ3n) is 7.52. The Morgan fingerprint density at radius 3 is 1.72 bits per heavy atom. The van der Waals surface area contributed by atoms with Crippen molar-refractivity contribution in [1.29, 1.82) is 0 Å². The highest BCUT2D eigenvalue weighted by atomic mass is 32.1. The summed E-state index contributed by atoms with van der Waals surface area (Å²) < 4.78 is 2.01. The number of rotatable bonds is 8. The zero-order valence-electron chi connectivity index (χ0n) is 21.2. The van der Waals surface area contributed by atoms with E-state index in [4.69, 9.17) is 0 Å². The predicted octanol–water partition coefficient (Wildman–Crippen LogP) is 5.31.